The third kappa shape index (κ3) is 6.35. The van der Waals surface area contributed by atoms with Gasteiger partial charge in [-0.25, -0.2) is 4.68 Å². The summed E-state index contributed by atoms with van der Waals surface area (Å²) in [6, 6.07) is 25.2. The summed E-state index contributed by atoms with van der Waals surface area (Å²) >= 11 is 0. The first-order valence-corrected chi connectivity index (χ1v) is 11.9. The van der Waals surface area contributed by atoms with Crippen molar-refractivity contribution in [1.29, 1.82) is 0 Å². The molecule has 1 N–H and O–H groups in total. The first-order valence-electron chi connectivity index (χ1n) is 11.9. The zero-order valence-corrected chi connectivity index (χ0v) is 20.1. The van der Waals surface area contributed by atoms with Crippen molar-refractivity contribution in [3.63, 3.8) is 0 Å². The highest BCUT2D eigenvalue weighted by molar-refractivity contribution is 5.92. The van der Waals surface area contributed by atoms with Crippen molar-refractivity contribution < 1.29 is 9.53 Å². The fraction of sp³-hybridized carbons (Fsp3) is 0.0667. The van der Waals surface area contributed by atoms with E-state index in [1.165, 1.54) is 6.08 Å². The Bertz CT molecular complexity index is 1470. The summed E-state index contributed by atoms with van der Waals surface area (Å²) in [6.45, 7) is 0.863. The van der Waals surface area contributed by atoms with E-state index in [1.54, 1.807) is 35.5 Å². The third-order valence-electron chi connectivity index (χ3n) is 5.63. The monoisotopic (exact) mass is 487 g/mol. The van der Waals surface area contributed by atoms with Crippen LogP contribution in [0.3, 0.4) is 0 Å². The molecule has 0 aliphatic carbocycles. The Labute approximate surface area is 215 Å². The van der Waals surface area contributed by atoms with Crippen LogP contribution in [0.25, 0.3) is 23.0 Å². The number of rotatable bonds is 9. The highest BCUT2D eigenvalue weighted by Gasteiger charge is 2.11. The van der Waals surface area contributed by atoms with E-state index in [0.29, 0.717) is 13.2 Å². The summed E-state index contributed by atoms with van der Waals surface area (Å²) < 4.78 is 7.59. The molecule has 3 heterocycles. The summed E-state index contributed by atoms with van der Waals surface area (Å²) in [6.07, 6.45) is 12.2. The molecule has 3 aromatic heterocycles. The molecule has 0 bridgehead atoms. The van der Waals surface area contributed by atoms with Gasteiger partial charge >= 0.3 is 0 Å². The minimum atomic E-state index is -0.193. The predicted octanol–water partition coefficient (Wildman–Crippen LogP) is 5.24. The molecule has 7 heteroatoms. The zero-order valence-electron chi connectivity index (χ0n) is 20.1. The lowest BCUT2D eigenvalue weighted by Gasteiger charge is -2.07. The largest absolute Gasteiger partial charge is 0.489 e. The van der Waals surface area contributed by atoms with Crippen LogP contribution in [0.5, 0.6) is 5.75 Å². The van der Waals surface area contributed by atoms with Crippen LogP contribution < -0.4 is 10.1 Å². The van der Waals surface area contributed by atoms with Crippen molar-refractivity contribution >= 4 is 12.0 Å². The maximum absolute atomic E-state index is 12.6. The highest BCUT2D eigenvalue weighted by Crippen LogP contribution is 2.24. The molecule has 1 amide bonds. The van der Waals surface area contributed by atoms with Crippen LogP contribution in [-0.2, 0) is 17.9 Å². The Kier molecular flexibility index (Phi) is 7.42. The van der Waals surface area contributed by atoms with Crippen molar-refractivity contribution in [1.82, 2.24) is 25.1 Å². The summed E-state index contributed by atoms with van der Waals surface area (Å²) in [5.74, 6) is 0.568. The number of hydrogen-bond acceptors (Lipinski definition) is 5. The number of aromatic nitrogens is 4. The Hall–Kier alpha value is -5.04. The minimum Gasteiger partial charge on any atom is -0.489 e. The van der Waals surface area contributed by atoms with Gasteiger partial charge in [0, 0.05) is 60.3 Å². The summed E-state index contributed by atoms with van der Waals surface area (Å²) in [5.41, 5.74) is 5.37. The second-order valence-electron chi connectivity index (χ2n) is 8.30. The lowest BCUT2D eigenvalue weighted by Crippen LogP contribution is -2.20. The van der Waals surface area contributed by atoms with Crippen LogP contribution in [0.1, 0.15) is 16.7 Å². The normalized spacial score (nSPS) is 10.9. The fourth-order valence-electron chi connectivity index (χ4n) is 3.72. The van der Waals surface area contributed by atoms with E-state index < -0.39 is 0 Å². The highest BCUT2D eigenvalue weighted by atomic mass is 16.5. The number of pyridine rings is 2. The SMILES string of the molecule is O=C(/C=C/c1cn(-c2ccccc2)nc1-c1cccnc1)NCc1ccc(OCc2cccnc2)cc1. The molecule has 2 aromatic carbocycles. The molecule has 0 radical (unpaired) electrons. The van der Waals surface area contributed by atoms with Gasteiger partial charge in [0.25, 0.3) is 0 Å². The van der Waals surface area contributed by atoms with Gasteiger partial charge in [0.1, 0.15) is 18.1 Å². The third-order valence-corrected chi connectivity index (χ3v) is 5.63. The number of carbonyl (C=O) groups excluding carboxylic acids is 1. The van der Waals surface area contributed by atoms with E-state index in [-0.39, 0.29) is 5.91 Å². The molecule has 5 aromatic rings. The quantitative estimate of drug-likeness (QED) is 0.288. The Morgan fingerprint density at radius 2 is 1.65 bits per heavy atom. The summed E-state index contributed by atoms with van der Waals surface area (Å²) in [7, 11) is 0. The molecule has 0 saturated heterocycles. The number of nitrogens with one attached hydrogen (secondary N) is 1. The van der Waals surface area contributed by atoms with Gasteiger partial charge in [0.2, 0.25) is 5.91 Å². The molecule has 0 atom stereocenters. The molecular weight excluding hydrogens is 462 g/mol. The summed E-state index contributed by atoms with van der Waals surface area (Å²) in [4.78, 5) is 20.9. The van der Waals surface area contributed by atoms with Gasteiger partial charge in [0.05, 0.1) is 5.69 Å². The lowest BCUT2D eigenvalue weighted by atomic mass is 10.1. The maximum atomic E-state index is 12.6. The molecule has 0 spiro atoms. The fourth-order valence-corrected chi connectivity index (χ4v) is 3.72. The number of ether oxygens (including phenoxy) is 1. The van der Waals surface area contributed by atoms with Crippen molar-refractivity contribution in [2.24, 2.45) is 0 Å². The zero-order chi connectivity index (χ0) is 25.3. The number of para-hydroxylation sites is 1. The number of hydrogen-bond donors (Lipinski definition) is 1. The van der Waals surface area contributed by atoms with Gasteiger partial charge < -0.3 is 10.1 Å². The Balaban J connectivity index is 1.22. The standard InChI is InChI=1S/C30H25N5O2/c36-29(33-19-23-10-13-28(14-11-23)37-22-24-6-4-16-31-18-24)15-12-26-21-35(27-8-2-1-3-9-27)34-30(26)25-7-5-17-32-20-25/h1-18,20-21H,19,22H2,(H,33,36)/b15-12+. The average molecular weight is 488 g/mol. The second-order valence-corrected chi connectivity index (χ2v) is 8.30. The van der Waals surface area contributed by atoms with Gasteiger partial charge in [-0.3, -0.25) is 14.8 Å². The molecule has 0 aliphatic heterocycles. The first-order chi connectivity index (χ1) is 18.2. The van der Waals surface area contributed by atoms with E-state index in [9.17, 15) is 4.79 Å². The molecular formula is C30H25N5O2. The number of carbonyl (C=O) groups is 1. The van der Waals surface area contributed by atoms with Gasteiger partial charge in [-0.05, 0) is 54.1 Å². The van der Waals surface area contributed by atoms with Crippen LogP contribution in [0.2, 0.25) is 0 Å². The molecule has 0 unspecified atom stereocenters. The lowest BCUT2D eigenvalue weighted by molar-refractivity contribution is -0.116. The first kappa shape index (κ1) is 23.7. The van der Waals surface area contributed by atoms with Crippen LogP contribution in [-0.4, -0.2) is 25.7 Å². The van der Waals surface area contributed by atoms with Gasteiger partial charge in [-0.2, -0.15) is 5.10 Å². The van der Waals surface area contributed by atoms with Gasteiger partial charge in [-0.1, -0.05) is 36.4 Å². The van der Waals surface area contributed by atoms with E-state index >= 15 is 0 Å². The van der Waals surface area contributed by atoms with Crippen molar-refractivity contribution in [3.05, 3.63) is 133 Å². The van der Waals surface area contributed by atoms with Crippen molar-refractivity contribution in [3.8, 4) is 22.7 Å². The number of benzene rings is 2. The maximum Gasteiger partial charge on any atom is 0.244 e. The van der Waals surface area contributed by atoms with Gasteiger partial charge in [-0.15, -0.1) is 0 Å². The van der Waals surface area contributed by atoms with Crippen molar-refractivity contribution in [2.45, 2.75) is 13.2 Å². The van der Waals surface area contributed by atoms with Crippen LogP contribution in [0.4, 0.5) is 0 Å². The van der Waals surface area contributed by atoms with E-state index in [1.807, 2.05) is 85.1 Å². The molecule has 5 rings (SSSR count). The molecule has 7 nitrogen and oxygen atoms in total. The van der Waals surface area contributed by atoms with Crippen LogP contribution >= 0.6 is 0 Å². The molecule has 0 aliphatic rings. The smallest absolute Gasteiger partial charge is 0.244 e. The summed E-state index contributed by atoms with van der Waals surface area (Å²) in [5, 5.41) is 7.67. The van der Waals surface area contributed by atoms with Crippen LogP contribution in [0.15, 0.2) is 116 Å². The van der Waals surface area contributed by atoms with Crippen molar-refractivity contribution in [2.75, 3.05) is 0 Å². The average Bonchev–Trinajstić information content (AvgIpc) is 3.40. The molecule has 0 fully saturated rings. The van der Waals surface area contributed by atoms with Crippen LogP contribution in [0, 0.1) is 0 Å². The predicted molar refractivity (Wildman–Crippen MR) is 143 cm³/mol. The topological polar surface area (TPSA) is 81.9 Å². The Morgan fingerprint density at radius 1 is 0.865 bits per heavy atom. The molecule has 182 valence electrons. The second kappa shape index (κ2) is 11.6. The van der Waals surface area contributed by atoms with E-state index in [0.717, 1.165) is 39.4 Å². The van der Waals surface area contributed by atoms with Gasteiger partial charge in [0.15, 0.2) is 0 Å². The minimum absolute atomic E-state index is 0.193. The Morgan fingerprint density at radius 3 is 2.38 bits per heavy atom. The number of nitrogens with zero attached hydrogens (tertiary/aromatic N) is 4. The number of amides is 1. The van der Waals surface area contributed by atoms with E-state index in [4.69, 9.17) is 9.84 Å². The molecule has 0 saturated carbocycles. The molecule has 37 heavy (non-hydrogen) atoms. The van der Waals surface area contributed by atoms with E-state index in [2.05, 4.69) is 15.3 Å².